The van der Waals surface area contributed by atoms with Gasteiger partial charge < -0.3 is 19.8 Å². The van der Waals surface area contributed by atoms with Gasteiger partial charge >= 0.3 is 0 Å². The molecule has 0 spiro atoms. The Hall–Kier alpha value is -4.14. The van der Waals surface area contributed by atoms with Gasteiger partial charge in [0.25, 0.3) is 0 Å². The van der Waals surface area contributed by atoms with Gasteiger partial charge in [0.1, 0.15) is 0 Å². The average Bonchev–Trinajstić information content (AvgIpc) is 3.24. The number of nitrogens with zero attached hydrogens (tertiary/aromatic N) is 2. The number of rotatable bonds is 1. The van der Waals surface area contributed by atoms with Gasteiger partial charge in [-0.15, -0.1) is 23.8 Å². The number of hydrogen-bond donors (Lipinski definition) is 2. The van der Waals surface area contributed by atoms with E-state index in [-0.39, 0.29) is 32.6 Å². The predicted octanol–water partition coefficient (Wildman–Crippen LogP) is 7.60. The Morgan fingerprint density at radius 3 is 1.76 bits per heavy atom. The molecule has 0 aliphatic heterocycles. The van der Waals surface area contributed by atoms with Gasteiger partial charge in [-0.1, -0.05) is 84.2 Å². The number of phenolic OH excluding ortho intramolecular Hbond substituents is 2. The third-order valence-corrected chi connectivity index (χ3v) is 6.67. The minimum atomic E-state index is -0.0469. The summed E-state index contributed by atoms with van der Waals surface area (Å²) in [4.78, 5) is 4.40. The van der Waals surface area contributed by atoms with Crippen LogP contribution in [0.15, 0.2) is 109 Å². The molecule has 7 rings (SSSR count). The van der Waals surface area contributed by atoms with E-state index in [4.69, 9.17) is 0 Å². The molecule has 2 N–H and O–H groups in total. The van der Waals surface area contributed by atoms with E-state index < -0.39 is 0 Å². The van der Waals surface area contributed by atoms with Crippen molar-refractivity contribution < 1.29 is 31.3 Å². The summed E-state index contributed by atoms with van der Waals surface area (Å²) in [6.45, 7) is 0. The molecule has 0 aliphatic carbocycles. The molecule has 2 heterocycles. The number of hydrogen-bond acceptors (Lipinski definition) is 3. The average molecular weight is 663 g/mol. The van der Waals surface area contributed by atoms with Gasteiger partial charge in [0, 0.05) is 50.6 Å². The van der Waals surface area contributed by atoms with Crippen molar-refractivity contribution in [2.24, 2.45) is 7.05 Å². The maximum atomic E-state index is 9.91. The monoisotopic (exact) mass is 662 g/mol. The molecule has 7 aromatic rings. The van der Waals surface area contributed by atoms with Crippen molar-refractivity contribution in [3.63, 3.8) is 0 Å². The largest absolute Gasteiger partial charge is 0.504 e. The summed E-state index contributed by atoms with van der Waals surface area (Å²) in [6.07, 6.45) is 1.82. The van der Waals surface area contributed by atoms with Crippen molar-refractivity contribution in [2.45, 2.75) is 0 Å². The minimum Gasteiger partial charge on any atom is -0.504 e. The van der Waals surface area contributed by atoms with Crippen LogP contribution < -0.4 is 0 Å². The first-order valence-electron chi connectivity index (χ1n) is 11.7. The Morgan fingerprint density at radius 1 is 0.622 bits per heavy atom. The Labute approximate surface area is 228 Å². The molecule has 2 aromatic heterocycles. The predicted molar refractivity (Wildman–Crippen MR) is 147 cm³/mol. The standard InChI is InChI=1S/C18H13N2.C14H10O2.Pt/c1-20-17-8-3-2-6-14(17)15-12-13(9-10-18(15)20)16-7-4-5-11-19-16;15-13-11-7-3-1-5-9(11)10-6-2-4-8-12(10)14(13)16;/h2-8,10-12H,1H3;1-8,15-16H;/q-1;;. The molecule has 37 heavy (non-hydrogen) atoms. The number of aromatic hydroxyl groups is 2. The molecule has 184 valence electrons. The van der Waals surface area contributed by atoms with E-state index in [1.165, 1.54) is 21.8 Å². The first-order valence-corrected chi connectivity index (χ1v) is 11.7. The SMILES string of the molecule is Cn1c2c[c-]c(-c3ccccn3)cc2c2ccccc21.Oc1c(O)c2ccccc2c2ccccc12.[Pt]. The molecule has 0 aliphatic rings. The van der Waals surface area contributed by atoms with E-state index in [9.17, 15) is 10.2 Å². The van der Waals surface area contributed by atoms with Crippen molar-refractivity contribution in [3.8, 4) is 22.8 Å². The number of benzene rings is 5. The summed E-state index contributed by atoms with van der Waals surface area (Å²) < 4.78 is 2.21. The topological polar surface area (TPSA) is 58.3 Å². The molecule has 5 heteroatoms. The number of phenols is 2. The van der Waals surface area contributed by atoms with E-state index in [0.29, 0.717) is 10.8 Å². The van der Waals surface area contributed by atoms with Crippen LogP contribution in [0.1, 0.15) is 0 Å². The summed E-state index contributed by atoms with van der Waals surface area (Å²) in [5.41, 5.74) is 4.44. The second kappa shape index (κ2) is 10.1. The zero-order valence-electron chi connectivity index (χ0n) is 20.0. The van der Waals surface area contributed by atoms with Crippen molar-refractivity contribution in [2.75, 3.05) is 0 Å². The van der Waals surface area contributed by atoms with Gasteiger partial charge in [-0.3, -0.25) is 0 Å². The molecule has 0 amide bonds. The Balaban J connectivity index is 0.000000151. The number of aromatic nitrogens is 2. The Bertz CT molecular complexity index is 1820. The number of fused-ring (bicyclic) bond motifs is 6. The molecule has 0 atom stereocenters. The van der Waals surface area contributed by atoms with E-state index in [1.807, 2.05) is 60.8 Å². The Morgan fingerprint density at radius 2 is 1.16 bits per heavy atom. The van der Waals surface area contributed by atoms with E-state index in [1.54, 1.807) is 12.1 Å². The van der Waals surface area contributed by atoms with Crippen LogP contribution >= 0.6 is 0 Å². The van der Waals surface area contributed by atoms with Gasteiger partial charge in [-0.05, 0) is 39.5 Å². The second-order valence-corrected chi connectivity index (χ2v) is 8.73. The normalized spacial score (nSPS) is 10.8. The van der Waals surface area contributed by atoms with Crippen molar-refractivity contribution >= 4 is 43.4 Å². The summed E-state index contributed by atoms with van der Waals surface area (Å²) in [6, 6.07) is 37.0. The van der Waals surface area contributed by atoms with Crippen LogP contribution in [-0.4, -0.2) is 19.8 Å². The number of aryl methyl sites for hydroxylation is 1. The number of para-hydroxylation sites is 1. The van der Waals surface area contributed by atoms with E-state index >= 15 is 0 Å². The third kappa shape index (κ3) is 4.24. The fourth-order valence-corrected chi connectivity index (χ4v) is 4.87. The van der Waals surface area contributed by atoms with Gasteiger partial charge in [0.15, 0.2) is 11.5 Å². The molecule has 5 aromatic carbocycles. The minimum absolute atomic E-state index is 0. The molecule has 0 saturated carbocycles. The van der Waals surface area contributed by atoms with E-state index in [2.05, 4.69) is 59.1 Å². The van der Waals surface area contributed by atoms with E-state index in [0.717, 1.165) is 22.0 Å². The van der Waals surface area contributed by atoms with Crippen LogP contribution in [0.3, 0.4) is 0 Å². The maximum Gasteiger partial charge on any atom is 0.166 e. The van der Waals surface area contributed by atoms with Crippen LogP contribution in [0.4, 0.5) is 0 Å². The summed E-state index contributed by atoms with van der Waals surface area (Å²) in [5, 5.41) is 25.6. The third-order valence-electron chi connectivity index (χ3n) is 6.67. The van der Waals surface area contributed by atoms with Gasteiger partial charge in [0.2, 0.25) is 0 Å². The molecule has 0 saturated heterocycles. The fraction of sp³-hybridized carbons (Fsp3) is 0.0312. The summed E-state index contributed by atoms with van der Waals surface area (Å²) >= 11 is 0. The zero-order chi connectivity index (χ0) is 24.6. The van der Waals surface area contributed by atoms with Crippen LogP contribution in [0, 0.1) is 6.07 Å². The van der Waals surface area contributed by atoms with Crippen LogP contribution in [0.5, 0.6) is 11.5 Å². The Kier molecular flexibility index (Phi) is 6.69. The van der Waals surface area contributed by atoms with Crippen molar-refractivity contribution in [1.29, 1.82) is 0 Å². The summed E-state index contributed by atoms with van der Waals surface area (Å²) in [5.74, 6) is -0.0939. The molecule has 0 fully saturated rings. The number of pyridine rings is 1. The second-order valence-electron chi connectivity index (χ2n) is 8.73. The quantitative estimate of drug-likeness (QED) is 0.108. The molecule has 0 unspecified atom stereocenters. The van der Waals surface area contributed by atoms with Crippen LogP contribution in [0.25, 0.3) is 54.6 Å². The first-order chi connectivity index (χ1) is 17.6. The summed E-state index contributed by atoms with van der Waals surface area (Å²) in [7, 11) is 2.10. The van der Waals surface area contributed by atoms with Crippen LogP contribution in [0.2, 0.25) is 0 Å². The molecular weight excluding hydrogens is 639 g/mol. The van der Waals surface area contributed by atoms with Gasteiger partial charge in [0.05, 0.1) is 0 Å². The van der Waals surface area contributed by atoms with Crippen LogP contribution in [-0.2, 0) is 28.1 Å². The maximum absolute atomic E-state index is 9.91. The first kappa shape index (κ1) is 24.5. The molecule has 0 radical (unpaired) electrons. The van der Waals surface area contributed by atoms with Crippen molar-refractivity contribution in [1.82, 2.24) is 9.55 Å². The van der Waals surface area contributed by atoms with Crippen molar-refractivity contribution in [3.05, 3.63) is 115 Å². The zero-order valence-corrected chi connectivity index (χ0v) is 22.3. The molecule has 0 bridgehead atoms. The molecule has 4 nitrogen and oxygen atoms in total. The fourth-order valence-electron chi connectivity index (χ4n) is 4.87. The molecular formula is C32H23N2O2Pt-. The smallest absolute Gasteiger partial charge is 0.166 e. The van der Waals surface area contributed by atoms with Gasteiger partial charge in [-0.2, -0.15) is 0 Å². The van der Waals surface area contributed by atoms with Gasteiger partial charge in [-0.25, -0.2) is 0 Å².